The zero-order valence-electron chi connectivity index (χ0n) is 7.43. The van der Waals surface area contributed by atoms with Gasteiger partial charge in [0.1, 0.15) is 0 Å². The van der Waals surface area contributed by atoms with Crippen LogP contribution in [0, 0.1) is 0 Å². The Kier molecular flexibility index (Phi) is 27.6. The average molecular weight is 176 g/mol. The Labute approximate surface area is 89.0 Å². The third-order valence-electron chi connectivity index (χ3n) is 0.864. The number of methoxy groups -OCH3 is 2. The molecule has 0 unspecified atom stereocenters. The van der Waals surface area contributed by atoms with Crippen LogP contribution in [0.5, 0.6) is 0 Å². The largest absolute Gasteiger partial charge is 1.00 e. The van der Waals surface area contributed by atoms with E-state index in [0.29, 0.717) is 26.4 Å². The summed E-state index contributed by atoms with van der Waals surface area (Å²) < 4.78 is 14.6. The Hall–Kier alpha value is 0.810. The van der Waals surface area contributed by atoms with Crippen molar-refractivity contribution >= 4 is 0 Å². The van der Waals surface area contributed by atoms with E-state index in [1.54, 1.807) is 14.2 Å². The first-order valence-electron chi connectivity index (χ1n) is 2.97. The molecule has 11 heavy (non-hydrogen) atoms. The first-order valence-corrected chi connectivity index (χ1v) is 2.97. The monoisotopic (exact) mass is 176 g/mol. The molecular formula is C6H14FNaO3. The van der Waals surface area contributed by atoms with Crippen LogP contribution in [-0.2, 0) is 14.2 Å². The summed E-state index contributed by atoms with van der Waals surface area (Å²) in [7, 11) is 3.30. The molecule has 0 aromatic heterocycles. The summed E-state index contributed by atoms with van der Waals surface area (Å²) in [4.78, 5) is 0. The normalized spacial score (nSPS) is 8.18. The van der Waals surface area contributed by atoms with Gasteiger partial charge in [0.25, 0.3) is 0 Å². The van der Waals surface area contributed by atoms with E-state index in [-0.39, 0.29) is 34.3 Å². The summed E-state index contributed by atoms with van der Waals surface area (Å²) in [6.45, 7) is 2.62. The molecule has 0 aliphatic carbocycles. The second-order valence-electron chi connectivity index (χ2n) is 1.60. The fraction of sp³-hybridized carbons (Fsp3) is 1.00. The van der Waals surface area contributed by atoms with Gasteiger partial charge in [-0.1, -0.05) is 0 Å². The summed E-state index contributed by atoms with van der Waals surface area (Å²) in [5.41, 5.74) is 0. The van der Waals surface area contributed by atoms with Gasteiger partial charge >= 0.3 is 29.6 Å². The molecule has 5 heteroatoms. The molecule has 3 nitrogen and oxygen atoms in total. The molecule has 0 bridgehead atoms. The molecular weight excluding hydrogens is 162 g/mol. The van der Waals surface area contributed by atoms with Crippen molar-refractivity contribution in [2.24, 2.45) is 0 Å². The number of ether oxygens (including phenoxy) is 3. The van der Waals surface area contributed by atoms with Crippen LogP contribution >= 0.6 is 0 Å². The Morgan fingerprint density at radius 3 is 1.45 bits per heavy atom. The topological polar surface area (TPSA) is 27.7 Å². The second-order valence-corrected chi connectivity index (χ2v) is 1.60. The zero-order chi connectivity index (χ0) is 6.95. The van der Waals surface area contributed by atoms with Crippen molar-refractivity contribution in [2.75, 3.05) is 40.6 Å². The van der Waals surface area contributed by atoms with Crippen LogP contribution < -0.4 is 34.3 Å². The summed E-state index contributed by atoms with van der Waals surface area (Å²) in [5.74, 6) is 0. The molecule has 0 saturated heterocycles. The minimum atomic E-state index is 0. The van der Waals surface area contributed by atoms with Crippen LogP contribution in [-0.4, -0.2) is 40.6 Å². The molecule has 0 heterocycles. The molecule has 64 valence electrons. The van der Waals surface area contributed by atoms with Gasteiger partial charge in [-0.05, 0) is 0 Å². The minimum Gasteiger partial charge on any atom is -1.00 e. The molecule has 0 amide bonds. The van der Waals surface area contributed by atoms with Crippen molar-refractivity contribution in [1.29, 1.82) is 0 Å². The van der Waals surface area contributed by atoms with E-state index in [2.05, 4.69) is 0 Å². The first-order chi connectivity index (χ1) is 4.41. The maximum Gasteiger partial charge on any atom is 1.00 e. The van der Waals surface area contributed by atoms with E-state index in [4.69, 9.17) is 14.2 Å². The predicted octanol–water partition coefficient (Wildman–Crippen LogP) is -5.70. The fourth-order valence-corrected chi connectivity index (χ4v) is 0.387. The standard InChI is InChI=1S/C6H14O3.FH.Na/c1-7-3-5-9-6-4-8-2;;/h3-6H2,1-2H3;1H;/q;;+1/p-1. The molecule has 0 rings (SSSR count). The van der Waals surface area contributed by atoms with Gasteiger partial charge in [0.2, 0.25) is 0 Å². The Bertz CT molecular complexity index is 51.1. The second kappa shape index (κ2) is 17.1. The quantitative estimate of drug-likeness (QED) is 0.298. The van der Waals surface area contributed by atoms with E-state index >= 15 is 0 Å². The fourth-order valence-electron chi connectivity index (χ4n) is 0.387. The molecule has 0 aliphatic heterocycles. The summed E-state index contributed by atoms with van der Waals surface area (Å²) in [6, 6.07) is 0. The van der Waals surface area contributed by atoms with Gasteiger partial charge < -0.3 is 18.9 Å². The van der Waals surface area contributed by atoms with E-state index < -0.39 is 0 Å². The van der Waals surface area contributed by atoms with E-state index in [0.717, 1.165) is 0 Å². The van der Waals surface area contributed by atoms with Crippen LogP contribution in [0.4, 0.5) is 0 Å². The van der Waals surface area contributed by atoms with Crippen molar-refractivity contribution < 1.29 is 48.5 Å². The maximum absolute atomic E-state index is 5.06. The molecule has 0 N–H and O–H groups in total. The number of halogens is 1. The molecule has 0 spiro atoms. The zero-order valence-corrected chi connectivity index (χ0v) is 9.43. The van der Waals surface area contributed by atoms with Crippen LogP contribution in [0.25, 0.3) is 0 Å². The average Bonchev–Trinajstić information content (AvgIpc) is 1.89. The van der Waals surface area contributed by atoms with E-state index in [1.165, 1.54) is 0 Å². The first kappa shape index (κ1) is 17.8. The van der Waals surface area contributed by atoms with Gasteiger partial charge in [0.15, 0.2) is 0 Å². The number of hydrogen-bond acceptors (Lipinski definition) is 3. The molecule has 0 atom stereocenters. The third kappa shape index (κ3) is 18.1. The van der Waals surface area contributed by atoms with Crippen molar-refractivity contribution in [1.82, 2.24) is 0 Å². The molecule has 0 saturated carbocycles. The van der Waals surface area contributed by atoms with Crippen LogP contribution in [0.15, 0.2) is 0 Å². The Balaban J connectivity index is -0.000000320. The Morgan fingerprint density at radius 1 is 0.818 bits per heavy atom. The molecule has 0 radical (unpaired) electrons. The van der Waals surface area contributed by atoms with Crippen LogP contribution in [0.3, 0.4) is 0 Å². The predicted molar refractivity (Wildman–Crippen MR) is 34.6 cm³/mol. The van der Waals surface area contributed by atoms with Crippen molar-refractivity contribution in [3.05, 3.63) is 0 Å². The van der Waals surface area contributed by atoms with Gasteiger partial charge in [0, 0.05) is 14.2 Å². The van der Waals surface area contributed by atoms with Crippen LogP contribution in [0.1, 0.15) is 0 Å². The summed E-state index contributed by atoms with van der Waals surface area (Å²) in [5, 5.41) is 0. The van der Waals surface area contributed by atoms with E-state index in [1.807, 2.05) is 0 Å². The van der Waals surface area contributed by atoms with Gasteiger partial charge in [-0.25, -0.2) is 0 Å². The smallest absolute Gasteiger partial charge is 1.00 e. The number of hydrogen-bond donors (Lipinski definition) is 0. The minimum absolute atomic E-state index is 0. The van der Waals surface area contributed by atoms with Gasteiger partial charge in [0.05, 0.1) is 26.4 Å². The maximum atomic E-state index is 5.06. The molecule has 0 aliphatic rings. The van der Waals surface area contributed by atoms with Gasteiger partial charge in [-0.3, -0.25) is 0 Å². The Morgan fingerprint density at radius 2 is 1.18 bits per heavy atom. The van der Waals surface area contributed by atoms with Gasteiger partial charge in [-0.15, -0.1) is 0 Å². The number of rotatable bonds is 6. The van der Waals surface area contributed by atoms with Crippen molar-refractivity contribution in [3.63, 3.8) is 0 Å². The molecule has 0 aromatic carbocycles. The third-order valence-corrected chi connectivity index (χ3v) is 0.864. The summed E-state index contributed by atoms with van der Waals surface area (Å²) in [6.07, 6.45) is 0. The molecule has 0 fully saturated rings. The summed E-state index contributed by atoms with van der Waals surface area (Å²) >= 11 is 0. The molecule has 0 aromatic rings. The van der Waals surface area contributed by atoms with E-state index in [9.17, 15) is 0 Å². The van der Waals surface area contributed by atoms with Crippen molar-refractivity contribution in [3.8, 4) is 0 Å². The SMILES string of the molecule is COCCOCCOC.[F-].[Na+]. The van der Waals surface area contributed by atoms with Gasteiger partial charge in [-0.2, -0.15) is 0 Å². The van der Waals surface area contributed by atoms with Crippen LogP contribution in [0.2, 0.25) is 0 Å². The van der Waals surface area contributed by atoms with Crippen molar-refractivity contribution in [2.45, 2.75) is 0 Å².